The first kappa shape index (κ1) is 18.4. The fraction of sp³-hybridized carbons (Fsp3) is 0.167. The second kappa shape index (κ2) is 7.95. The molecule has 1 aliphatic heterocycles. The summed E-state index contributed by atoms with van der Waals surface area (Å²) in [5.41, 5.74) is 6.18. The number of carbonyl (C=O) groups is 2. The van der Waals surface area contributed by atoms with E-state index in [1.165, 1.54) is 23.1 Å². The Morgan fingerprint density at radius 2 is 1.96 bits per heavy atom. The quantitative estimate of drug-likeness (QED) is 0.445. The van der Waals surface area contributed by atoms with Gasteiger partial charge >= 0.3 is 6.03 Å². The summed E-state index contributed by atoms with van der Waals surface area (Å²) in [6.45, 7) is 1.91. The molecule has 10 heteroatoms. The highest BCUT2D eigenvalue weighted by Crippen LogP contribution is 2.34. The summed E-state index contributed by atoms with van der Waals surface area (Å²) < 4.78 is 12.3. The normalized spacial score (nSPS) is 13.2. The molecule has 0 radical (unpaired) electrons. The van der Waals surface area contributed by atoms with E-state index in [1.807, 2.05) is 24.3 Å². The maximum atomic E-state index is 12.2. The first-order valence-electron chi connectivity index (χ1n) is 8.37. The lowest BCUT2D eigenvalue weighted by Crippen LogP contribution is -2.46. The zero-order chi connectivity index (χ0) is 19.5. The third-order valence-electron chi connectivity index (χ3n) is 3.85. The number of nitrogens with zero attached hydrogens (tertiary/aromatic N) is 1. The number of rotatable bonds is 4. The molecule has 2 heterocycles. The second-order valence-electron chi connectivity index (χ2n) is 5.84. The number of hydrazine groups is 1. The summed E-state index contributed by atoms with van der Waals surface area (Å²) in [4.78, 5) is 28.7. The first-order chi connectivity index (χ1) is 13.6. The van der Waals surface area contributed by atoms with Crippen molar-refractivity contribution in [2.75, 3.05) is 12.1 Å². The van der Waals surface area contributed by atoms with E-state index in [2.05, 4.69) is 21.2 Å². The van der Waals surface area contributed by atoms with Gasteiger partial charge in [-0.1, -0.05) is 23.9 Å². The van der Waals surface area contributed by atoms with Crippen LogP contribution in [0.2, 0.25) is 0 Å². The molecule has 3 aromatic rings. The Morgan fingerprint density at radius 1 is 1.14 bits per heavy atom. The third kappa shape index (κ3) is 4.12. The minimum absolute atomic E-state index is 0.158. The van der Waals surface area contributed by atoms with E-state index >= 15 is 0 Å². The number of thiazole rings is 1. The number of carbonyl (C=O) groups excluding carboxylic acids is 2. The molecular formula is C18H16N4O4S2. The van der Waals surface area contributed by atoms with E-state index in [4.69, 9.17) is 9.47 Å². The van der Waals surface area contributed by atoms with Gasteiger partial charge in [-0.05, 0) is 31.2 Å². The number of anilines is 1. The van der Waals surface area contributed by atoms with Crippen molar-refractivity contribution >= 4 is 50.9 Å². The predicted octanol–water partition coefficient (Wildman–Crippen LogP) is 3.36. The molecule has 1 aromatic heterocycles. The summed E-state index contributed by atoms with van der Waals surface area (Å²) in [7, 11) is 0. The van der Waals surface area contributed by atoms with Gasteiger partial charge in [0, 0.05) is 11.8 Å². The van der Waals surface area contributed by atoms with E-state index in [-0.39, 0.29) is 12.7 Å². The molecule has 0 spiro atoms. The molecule has 0 saturated carbocycles. The second-order valence-corrected chi connectivity index (χ2v) is 8.46. The molecule has 1 atom stereocenters. The van der Waals surface area contributed by atoms with E-state index in [1.54, 1.807) is 25.1 Å². The molecule has 8 nitrogen and oxygen atoms in total. The monoisotopic (exact) mass is 416 g/mol. The molecule has 3 amide bonds. The number of amides is 3. The average Bonchev–Trinajstić information content (AvgIpc) is 3.31. The number of ether oxygens (including phenoxy) is 2. The lowest BCUT2D eigenvalue weighted by atomic mass is 10.3. The summed E-state index contributed by atoms with van der Waals surface area (Å²) in [5.74, 6) is 0.854. The minimum Gasteiger partial charge on any atom is -0.454 e. The van der Waals surface area contributed by atoms with Crippen LogP contribution in [-0.4, -0.2) is 29.0 Å². The maximum Gasteiger partial charge on any atom is 0.337 e. The highest BCUT2D eigenvalue weighted by atomic mass is 32.2. The molecule has 0 bridgehead atoms. The van der Waals surface area contributed by atoms with Crippen LogP contribution in [0.15, 0.2) is 46.8 Å². The van der Waals surface area contributed by atoms with Gasteiger partial charge in [-0.15, -0.1) is 11.3 Å². The Balaban J connectivity index is 1.27. The molecule has 1 aliphatic rings. The molecule has 2 aromatic carbocycles. The average molecular weight is 416 g/mol. The van der Waals surface area contributed by atoms with Crippen LogP contribution in [0.1, 0.15) is 6.92 Å². The van der Waals surface area contributed by atoms with Crippen molar-refractivity contribution in [1.82, 2.24) is 15.8 Å². The SMILES string of the molecule is C[C@@H](Sc1nc2ccccc2s1)C(=O)NNC(=O)Nc1ccc2c(c1)OCO2. The van der Waals surface area contributed by atoms with Crippen molar-refractivity contribution in [3.8, 4) is 11.5 Å². The van der Waals surface area contributed by atoms with Crippen LogP contribution in [0.5, 0.6) is 11.5 Å². The Bertz CT molecular complexity index is 1010. The predicted molar refractivity (Wildman–Crippen MR) is 108 cm³/mol. The first-order valence-corrected chi connectivity index (χ1v) is 10.1. The molecule has 0 aliphatic carbocycles. The number of hydrogen-bond donors (Lipinski definition) is 3. The lowest BCUT2D eigenvalue weighted by Gasteiger charge is -2.12. The van der Waals surface area contributed by atoms with Crippen LogP contribution in [0.25, 0.3) is 10.2 Å². The van der Waals surface area contributed by atoms with Crippen LogP contribution in [-0.2, 0) is 4.79 Å². The fourth-order valence-corrected chi connectivity index (χ4v) is 4.67. The summed E-state index contributed by atoms with van der Waals surface area (Å²) >= 11 is 2.87. The lowest BCUT2D eigenvalue weighted by molar-refractivity contribution is -0.120. The summed E-state index contributed by atoms with van der Waals surface area (Å²) in [5, 5.41) is 2.19. The minimum atomic E-state index is -0.565. The van der Waals surface area contributed by atoms with Crippen LogP contribution in [0, 0.1) is 0 Å². The standard InChI is InChI=1S/C18H16N4O4S2/c1-10(27-18-20-12-4-2-3-5-15(12)28-18)16(23)21-22-17(24)19-11-6-7-13-14(8-11)26-9-25-13/h2-8,10H,9H2,1H3,(H,21,23)(H2,19,22,24)/t10-/m1/s1. The molecule has 3 N–H and O–H groups in total. The van der Waals surface area contributed by atoms with Crippen molar-refractivity contribution in [3.05, 3.63) is 42.5 Å². The molecule has 28 heavy (non-hydrogen) atoms. The zero-order valence-corrected chi connectivity index (χ0v) is 16.4. The van der Waals surface area contributed by atoms with E-state index < -0.39 is 11.3 Å². The number of benzene rings is 2. The van der Waals surface area contributed by atoms with Crippen molar-refractivity contribution in [2.24, 2.45) is 0 Å². The van der Waals surface area contributed by atoms with Crippen LogP contribution in [0.3, 0.4) is 0 Å². The maximum absolute atomic E-state index is 12.2. The Hall–Kier alpha value is -2.98. The topological polar surface area (TPSA) is 102 Å². The number of thioether (sulfide) groups is 1. The Morgan fingerprint density at radius 3 is 2.82 bits per heavy atom. The van der Waals surface area contributed by atoms with E-state index in [0.29, 0.717) is 17.2 Å². The number of hydrogen-bond acceptors (Lipinski definition) is 7. The molecular weight excluding hydrogens is 400 g/mol. The number of urea groups is 1. The third-order valence-corrected chi connectivity index (χ3v) is 6.08. The highest BCUT2D eigenvalue weighted by molar-refractivity contribution is 8.02. The van der Waals surface area contributed by atoms with Gasteiger partial charge in [-0.3, -0.25) is 10.2 Å². The van der Waals surface area contributed by atoms with Crippen LogP contribution >= 0.6 is 23.1 Å². The smallest absolute Gasteiger partial charge is 0.337 e. The van der Waals surface area contributed by atoms with Crippen molar-refractivity contribution in [1.29, 1.82) is 0 Å². The molecule has 0 saturated heterocycles. The molecule has 0 fully saturated rings. The summed E-state index contributed by atoms with van der Waals surface area (Å²) in [6, 6.07) is 12.3. The van der Waals surface area contributed by atoms with Gasteiger partial charge in [-0.2, -0.15) is 0 Å². The molecule has 0 unspecified atom stereocenters. The fourth-order valence-electron chi connectivity index (χ4n) is 2.46. The van der Waals surface area contributed by atoms with Crippen molar-refractivity contribution < 1.29 is 19.1 Å². The van der Waals surface area contributed by atoms with Crippen molar-refractivity contribution in [2.45, 2.75) is 16.5 Å². The molecule has 144 valence electrons. The highest BCUT2D eigenvalue weighted by Gasteiger charge is 2.18. The van der Waals surface area contributed by atoms with Gasteiger partial charge in [-0.25, -0.2) is 15.2 Å². The van der Waals surface area contributed by atoms with Crippen molar-refractivity contribution in [3.63, 3.8) is 0 Å². The molecule has 4 rings (SSSR count). The number of aromatic nitrogens is 1. The Labute approximate surface area is 168 Å². The van der Waals surface area contributed by atoms with Crippen LogP contribution < -0.4 is 25.6 Å². The van der Waals surface area contributed by atoms with Crippen LogP contribution in [0.4, 0.5) is 10.5 Å². The van der Waals surface area contributed by atoms with E-state index in [0.717, 1.165) is 14.6 Å². The summed E-state index contributed by atoms with van der Waals surface area (Å²) in [6.07, 6.45) is 0. The van der Waals surface area contributed by atoms with Gasteiger partial charge in [0.2, 0.25) is 6.79 Å². The largest absolute Gasteiger partial charge is 0.454 e. The number of para-hydroxylation sites is 1. The number of fused-ring (bicyclic) bond motifs is 2. The zero-order valence-electron chi connectivity index (χ0n) is 14.7. The Kier molecular flexibility index (Phi) is 5.22. The van der Waals surface area contributed by atoms with Gasteiger partial charge in [0.25, 0.3) is 5.91 Å². The van der Waals surface area contributed by atoms with E-state index in [9.17, 15) is 9.59 Å². The van der Waals surface area contributed by atoms with Gasteiger partial charge in [0.05, 0.1) is 15.5 Å². The van der Waals surface area contributed by atoms with Gasteiger partial charge < -0.3 is 14.8 Å². The number of nitrogens with one attached hydrogen (secondary N) is 3. The van der Waals surface area contributed by atoms with Gasteiger partial charge in [0.15, 0.2) is 15.8 Å². The van der Waals surface area contributed by atoms with Gasteiger partial charge in [0.1, 0.15) is 0 Å².